The number of rotatable bonds is 9. The van der Waals surface area contributed by atoms with Crippen molar-refractivity contribution in [2.45, 2.75) is 19.5 Å². The van der Waals surface area contributed by atoms with Gasteiger partial charge in [0.1, 0.15) is 0 Å². The molecule has 0 saturated heterocycles. The number of hydrogen-bond acceptors (Lipinski definition) is 4. The van der Waals surface area contributed by atoms with Gasteiger partial charge >= 0.3 is 6.61 Å². The van der Waals surface area contributed by atoms with Crippen LogP contribution < -0.4 is 19.5 Å². The van der Waals surface area contributed by atoms with E-state index in [1.54, 1.807) is 18.2 Å². The molecule has 0 fully saturated rings. The van der Waals surface area contributed by atoms with Crippen molar-refractivity contribution < 1.29 is 32.2 Å². The normalized spacial score (nSPS) is 10.6. The van der Waals surface area contributed by atoms with E-state index in [-0.39, 0.29) is 29.6 Å². The van der Waals surface area contributed by atoms with Crippen molar-refractivity contribution >= 4 is 5.91 Å². The lowest BCUT2D eigenvalue weighted by molar-refractivity contribution is -0.120. The lowest BCUT2D eigenvalue weighted by Gasteiger charge is -2.12. The standard InChI is InChI=1S/C19H20F3NO4/c1-25-15-5-4-13(9-14(15)20)11-18(24)23-8-7-12-3-6-16(27-19(21)22)17(10-12)26-2/h3-6,9-10,19H,7-8,11H2,1-2H3,(H,23,24). The third-order valence-electron chi connectivity index (χ3n) is 3.76. The number of halogens is 3. The Morgan fingerprint density at radius 2 is 1.67 bits per heavy atom. The third kappa shape index (κ3) is 6.09. The van der Waals surface area contributed by atoms with Crippen molar-refractivity contribution in [2.75, 3.05) is 20.8 Å². The number of nitrogens with one attached hydrogen (secondary N) is 1. The first-order valence-electron chi connectivity index (χ1n) is 8.13. The summed E-state index contributed by atoms with van der Waals surface area (Å²) in [6, 6.07) is 8.92. The van der Waals surface area contributed by atoms with E-state index >= 15 is 0 Å². The number of methoxy groups -OCH3 is 2. The first-order chi connectivity index (χ1) is 12.9. The van der Waals surface area contributed by atoms with E-state index in [0.29, 0.717) is 18.5 Å². The summed E-state index contributed by atoms with van der Waals surface area (Å²) in [4.78, 5) is 12.0. The van der Waals surface area contributed by atoms with E-state index in [1.807, 2.05) is 0 Å². The highest BCUT2D eigenvalue weighted by atomic mass is 19.3. The molecule has 0 aliphatic carbocycles. The number of carbonyl (C=O) groups is 1. The first kappa shape index (κ1) is 20.4. The van der Waals surface area contributed by atoms with Crippen LogP contribution in [0.4, 0.5) is 13.2 Å². The zero-order valence-electron chi connectivity index (χ0n) is 14.9. The van der Waals surface area contributed by atoms with Crippen LogP contribution in [0.3, 0.4) is 0 Å². The van der Waals surface area contributed by atoms with Gasteiger partial charge in [0.2, 0.25) is 5.91 Å². The molecule has 2 aromatic rings. The van der Waals surface area contributed by atoms with Crippen LogP contribution in [-0.2, 0) is 17.6 Å². The van der Waals surface area contributed by atoms with Gasteiger partial charge in [0.15, 0.2) is 23.1 Å². The topological polar surface area (TPSA) is 56.8 Å². The molecule has 2 rings (SSSR count). The van der Waals surface area contributed by atoms with Crippen LogP contribution in [0.15, 0.2) is 36.4 Å². The second-order valence-electron chi connectivity index (χ2n) is 5.61. The zero-order chi connectivity index (χ0) is 19.8. The number of ether oxygens (including phenoxy) is 3. The molecule has 5 nitrogen and oxygen atoms in total. The Labute approximate surface area is 155 Å². The van der Waals surface area contributed by atoms with E-state index in [1.165, 1.54) is 32.4 Å². The molecule has 0 spiro atoms. The maximum Gasteiger partial charge on any atom is 0.387 e. The second-order valence-corrected chi connectivity index (χ2v) is 5.61. The van der Waals surface area contributed by atoms with Gasteiger partial charge in [0, 0.05) is 6.54 Å². The molecule has 0 aromatic heterocycles. The van der Waals surface area contributed by atoms with Gasteiger partial charge in [-0.3, -0.25) is 4.79 Å². The van der Waals surface area contributed by atoms with Crippen LogP contribution in [0.25, 0.3) is 0 Å². The molecule has 27 heavy (non-hydrogen) atoms. The summed E-state index contributed by atoms with van der Waals surface area (Å²) in [6.45, 7) is -2.61. The average molecular weight is 383 g/mol. The van der Waals surface area contributed by atoms with E-state index in [0.717, 1.165) is 5.56 Å². The van der Waals surface area contributed by atoms with Crippen LogP contribution in [0, 0.1) is 5.82 Å². The summed E-state index contributed by atoms with van der Waals surface area (Å²) >= 11 is 0. The molecule has 0 bridgehead atoms. The minimum Gasteiger partial charge on any atom is -0.494 e. The fraction of sp³-hybridized carbons (Fsp3) is 0.316. The predicted molar refractivity (Wildman–Crippen MR) is 93.0 cm³/mol. The molecule has 0 saturated carbocycles. The molecule has 0 aliphatic rings. The van der Waals surface area contributed by atoms with Crippen LogP contribution in [0.1, 0.15) is 11.1 Å². The molecule has 1 N–H and O–H groups in total. The van der Waals surface area contributed by atoms with Crippen molar-refractivity contribution in [3.63, 3.8) is 0 Å². The largest absolute Gasteiger partial charge is 0.494 e. The van der Waals surface area contributed by atoms with Gasteiger partial charge in [-0.2, -0.15) is 8.78 Å². The Morgan fingerprint density at radius 3 is 2.30 bits per heavy atom. The summed E-state index contributed by atoms with van der Waals surface area (Å²) in [6.07, 6.45) is 0.499. The fourth-order valence-corrected chi connectivity index (χ4v) is 2.47. The maximum absolute atomic E-state index is 13.6. The molecular formula is C19H20F3NO4. The zero-order valence-corrected chi connectivity index (χ0v) is 14.9. The molecule has 0 unspecified atom stereocenters. The molecule has 0 atom stereocenters. The number of benzene rings is 2. The predicted octanol–water partition coefficient (Wildman–Crippen LogP) is 3.35. The van der Waals surface area contributed by atoms with Gasteiger partial charge in [-0.1, -0.05) is 12.1 Å². The highest BCUT2D eigenvalue weighted by Crippen LogP contribution is 2.29. The minimum atomic E-state index is -2.94. The Bertz CT molecular complexity index is 784. The van der Waals surface area contributed by atoms with Crippen molar-refractivity contribution in [3.8, 4) is 17.2 Å². The van der Waals surface area contributed by atoms with Gasteiger partial charge < -0.3 is 19.5 Å². The monoisotopic (exact) mass is 383 g/mol. The molecule has 2 aromatic carbocycles. The Kier molecular flexibility index (Phi) is 7.34. The summed E-state index contributed by atoms with van der Waals surface area (Å²) in [7, 11) is 2.72. The number of hydrogen-bond donors (Lipinski definition) is 1. The fourth-order valence-electron chi connectivity index (χ4n) is 2.47. The van der Waals surface area contributed by atoms with Gasteiger partial charge in [-0.25, -0.2) is 4.39 Å². The molecule has 8 heteroatoms. The molecular weight excluding hydrogens is 363 g/mol. The number of carbonyl (C=O) groups excluding carboxylic acids is 1. The van der Waals surface area contributed by atoms with Gasteiger partial charge in [0.25, 0.3) is 0 Å². The summed E-state index contributed by atoms with van der Waals surface area (Å²) < 4.78 is 52.5. The Hall–Kier alpha value is -2.90. The van der Waals surface area contributed by atoms with Crippen molar-refractivity contribution in [1.29, 1.82) is 0 Å². The van der Waals surface area contributed by atoms with Gasteiger partial charge in [-0.05, 0) is 41.8 Å². The number of alkyl halides is 2. The highest BCUT2D eigenvalue weighted by Gasteiger charge is 2.11. The lowest BCUT2D eigenvalue weighted by atomic mass is 10.1. The molecule has 0 radical (unpaired) electrons. The van der Waals surface area contributed by atoms with Crippen molar-refractivity contribution in [2.24, 2.45) is 0 Å². The summed E-state index contributed by atoms with van der Waals surface area (Å²) in [5.41, 5.74) is 1.31. The van der Waals surface area contributed by atoms with Crippen LogP contribution in [0.2, 0.25) is 0 Å². The smallest absolute Gasteiger partial charge is 0.387 e. The molecule has 146 valence electrons. The van der Waals surface area contributed by atoms with Crippen LogP contribution in [-0.4, -0.2) is 33.3 Å². The Morgan fingerprint density at radius 1 is 1.00 bits per heavy atom. The Balaban J connectivity index is 1.86. The van der Waals surface area contributed by atoms with E-state index in [2.05, 4.69) is 10.1 Å². The third-order valence-corrected chi connectivity index (χ3v) is 3.76. The highest BCUT2D eigenvalue weighted by molar-refractivity contribution is 5.78. The molecule has 1 amide bonds. The number of amides is 1. The van der Waals surface area contributed by atoms with E-state index in [4.69, 9.17) is 9.47 Å². The SMILES string of the molecule is COc1ccc(CC(=O)NCCc2ccc(OC(F)F)c(OC)c2)cc1F. The van der Waals surface area contributed by atoms with Crippen molar-refractivity contribution in [1.82, 2.24) is 5.32 Å². The summed E-state index contributed by atoms with van der Waals surface area (Å²) in [5.74, 6) is -0.535. The lowest BCUT2D eigenvalue weighted by Crippen LogP contribution is -2.27. The molecule has 0 heterocycles. The minimum absolute atomic E-state index is 0.0331. The van der Waals surface area contributed by atoms with E-state index < -0.39 is 12.4 Å². The maximum atomic E-state index is 13.6. The van der Waals surface area contributed by atoms with E-state index in [9.17, 15) is 18.0 Å². The average Bonchev–Trinajstić information content (AvgIpc) is 2.62. The van der Waals surface area contributed by atoms with Gasteiger partial charge in [-0.15, -0.1) is 0 Å². The molecule has 0 aliphatic heterocycles. The van der Waals surface area contributed by atoms with Crippen LogP contribution in [0.5, 0.6) is 17.2 Å². The van der Waals surface area contributed by atoms with Crippen LogP contribution >= 0.6 is 0 Å². The quantitative estimate of drug-likeness (QED) is 0.722. The van der Waals surface area contributed by atoms with Crippen molar-refractivity contribution in [3.05, 3.63) is 53.3 Å². The second kappa shape index (κ2) is 9.70. The summed E-state index contributed by atoms with van der Waals surface area (Å²) in [5, 5.41) is 2.73. The van der Waals surface area contributed by atoms with Gasteiger partial charge in [0.05, 0.1) is 20.6 Å². The first-order valence-corrected chi connectivity index (χ1v) is 8.13.